The lowest BCUT2D eigenvalue weighted by atomic mass is 10.2. The van der Waals surface area contributed by atoms with E-state index in [1.807, 2.05) is 49.4 Å². The van der Waals surface area contributed by atoms with Gasteiger partial charge in [0.15, 0.2) is 11.5 Å². The second-order valence-electron chi connectivity index (χ2n) is 6.60. The standard InChI is InChI=1S/C24H22Br2N2O4/c1-3-31-23-13-17(6-10-22(23)30-2)24(29)28-27-14-18-12-20(26)9-11-21(18)32-15-16-4-7-19(25)8-5-16/h4-14H,3,15H2,1-2H3,(H,28,29)/b27-14+. The molecule has 0 saturated carbocycles. The SMILES string of the molecule is CCOc1cc(C(=O)N/N=C/c2cc(Br)ccc2OCc2ccc(Br)cc2)ccc1OC. The van der Waals surface area contributed by atoms with Crippen LogP contribution >= 0.6 is 31.9 Å². The molecule has 6 nitrogen and oxygen atoms in total. The van der Waals surface area contributed by atoms with E-state index in [2.05, 4.69) is 42.4 Å². The van der Waals surface area contributed by atoms with E-state index in [1.165, 1.54) is 0 Å². The minimum atomic E-state index is -0.364. The molecule has 32 heavy (non-hydrogen) atoms. The summed E-state index contributed by atoms with van der Waals surface area (Å²) in [6, 6.07) is 18.5. The van der Waals surface area contributed by atoms with Crippen LogP contribution in [0.25, 0.3) is 0 Å². The smallest absolute Gasteiger partial charge is 0.271 e. The maximum Gasteiger partial charge on any atom is 0.271 e. The van der Waals surface area contributed by atoms with Crippen molar-refractivity contribution in [2.45, 2.75) is 13.5 Å². The highest BCUT2D eigenvalue weighted by atomic mass is 79.9. The van der Waals surface area contributed by atoms with E-state index in [1.54, 1.807) is 31.5 Å². The van der Waals surface area contributed by atoms with Crippen LogP contribution in [-0.4, -0.2) is 25.8 Å². The van der Waals surface area contributed by atoms with Gasteiger partial charge in [-0.05, 0) is 61.0 Å². The summed E-state index contributed by atoms with van der Waals surface area (Å²) in [5.41, 5.74) is 4.71. The maximum absolute atomic E-state index is 12.5. The minimum absolute atomic E-state index is 0.364. The van der Waals surface area contributed by atoms with Gasteiger partial charge in [0.05, 0.1) is 19.9 Å². The number of ether oxygens (including phenoxy) is 3. The van der Waals surface area contributed by atoms with Crippen molar-refractivity contribution in [1.82, 2.24) is 5.43 Å². The number of nitrogens with zero attached hydrogens (tertiary/aromatic N) is 1. The zero-order valence-corrected chi connectivity index (χ0v) is 20.8. The predicted molar refractivity (Wildman–Crippen MR) is 132 cm³/mol. The quantitative estimate of drug-likeness (QED) is 0.258. The zero-order chi connectivity index (χ0) is 22.9. The first-order valence-electron chi connectivity index (χ1n) is 9.81. The first-order valence-corrected chi connectivity index (χ1v) is 11.4. The summed E-state index contributed by atoms with van der Waals surface area (Å²) in [6.07, 6.45) is 1.55. The van der Waals surface area contributed by atoms with Gasteiger partial charge >= 0.3 is 0 Å². The van der Waals surface area contributed by atoms with Crippen molar-refractivity contribution in [3.63, 3.8) is 0 Å². The fourth-order valence-electron chi connectivity index (χ4n) is 2.80. The van der Waals surface area contributed by atoms with Crippen LogP contribution in [0.3, 0.4) is 0 Å². The number of benzene rings is 3. The van der Waals surface area contributed by atoms with Gasteiger partial charge in [-0.1, -0.05) is 44.0 Å². The van der Waals surface area contributed by atoms with E-state index in [9.17, 15) is 4.79 Å². The second kappa shape index (κ2) is 11.7. The van der Waals surface area contributed by atoms with Crippen LogP contribution in [0, 0.1) is 0 Å². The number of amides is 1. The van der Waals surface area contributed by atoms with Gasteiger partial charge in [0.1, 0.15) is 12.4 Å². The van der Waals surface area contributed by atoms with Crippen LogP contribution in [0.4, 0.5) is 0 Å². The average Bonchev–Trinajstić information content (AvgIpc) is 2.79. The molecule has 0 spiro atoms. The minimum Gasteiger partial charge on any atom is -0.493 e. The van der Waals surface area contributed by atoms with E-state index in [-0.39, 0.29) is 5.91 Å². The van der Waals surface area contributed by atoms with E-state index in [0.717, 1.165) is 20.1 Å². The summed E-state index contributed by atoms with van der Waals surface area (Å²) in [4.78, 5) is 12.5. The number of hydrazone groups is 1. The van der Waals surface area contributed by atoms with Crippen LogP contribution in [-0.2, 0) is 6.61 Å². The molecule has 0 aliphatic carbocycles. The molecule has 0 fully saturated rings. The molecule has 3 aromatic rings. The Hall–Kier alpha value is -2.84. The lowest BCUT2D eigenvalue weighted by molar-refractivity contribution is 0.0954. The fraction of sp³-hybridized carbons (Fsp3) is 0.167. The highest BCUT2D eigenvalue weighted by molar-refractivity contribution is 9.10. The van der Waals surface area contributed by atoms with Crippen molar-refractivity contribution in [3.8, 4) is 17.2 Å². The highest BCUT2D eigenvalue weighted by Gasteiger charge is 2.11. The van der Waals surface area contributed by atoms with Crippen molar-refractivity contribution in [2.24, 2.45) is 5.10 Å². The molecular weight excluding hydrogens is 540 g/mol. The van der Waals surface area contributed by atoms with Crippen LogP contribution in [0.5, 0.6) is 17.2 Å². The van der Waals surface area contributed by atoms with E-state index in [0.29, 0.717) is 36.0 Å². The van der Waals surface area contributed by atoms with Gasteiger partial charge in [0.25, 0.3) is 5.91 Å². The van der Waals surface area contributed by atoms with Gasteiger partial charge in [0.2, 0.25) is 0 Å². The Morgan fingerprint density at radius 1 is 0.938 bits per heavy atom. The molecule has 0 aliphatic heterocycles. The Morgan fingerprint density at radius 2 is 1.66 bits per heavy atom. The first-order chi connectivity index (χ1) is 15.5. The Kier molecular flexibility index (Phi) is 8.70. The highest BCUT2D eigenvalue weighted by Crippen LogP contribution is 2.28. The van der Waals surface area contributed by atoms with Gasteiger partial charge in [-0.15, -0.1) is 0 Å². The van der Waals surface area contributed by atoms with E-state index >= 15 is 0 Å². The largest absolute Gasteiger partial charge is 0.493 e. The number of carbonyl (C=O) groups excluding carboxylic acids is 1. The second-order valence-corrected chi connectivity index (χ2v) is 8.43. The van der Waals surface area contributed by atoms with E-state index in [4.69, 9.17) is 14.2 Å². The third-order valence-corrected chi connectivity index (χ3v) is 5.40. The number of methoxy groups -OCH3 is 1. The Bertz CT molecular complexity index is 1100. The van der Waals surface area contributed by atoms with Crippen molar-refractivity contribution in [2.75, 3.05) is 13.7 Å². The predicted octanol–water partition coefficient (Wildman–Crippen LogP) is 5.96. The number of hydrogen-bond donors (Lipinski definition) is 1. The van der Waals surface area contributed by atoms with Gasteiger partial charge in [-0.3, -0.25) is 4.79 Å². The topological polar surface area (TPSA) is 69.2 Å². The summed E-state index contributed by atoms with van der Waals surface area (Å²) in [6.45, 7) is 2.74. The molecular formula is C24H22Br2N2O4. The Morgan fingerprint density at radius 3 is 2.38 bits per heavy atom. The van der Waals surface area contributed by atoms with Crippen LogP contribution in [0.15, 0.2) is 74.7 Å². The number of halogens is 2. The molecule has 1 amide bonds. The number of rotatable bonds is 9. The van der Waals surface area contributed by atoms with Gasteiger partial charge in [-0.2, -0.15) is 5.10 Å². The Balaban J connectivity index is 1.69. The van der Waals surface area contributed by atoms with Gasteiger partial charge in [-0.25, -0.2) is 5.43 Å². The number of carbonyl (C=O) groups is 1. The van der Waals surface area contributed by atoms with Gasteiger partial charge < -0.3 is 14.2 Å². The molecule has 0 unspecified atom stereocenters. The first kappa shape index (κ1) is 23.8. The van der Waals surface area contributed by atoms with Crippen molar-refractivity contribution in [3.05, 3.63) is 86.3 Å². The molecule has 0 aromatic heterocycles. The van der Waals surface area contributed by atoms with Crippen LogP contribution in [0.2, 0.25) is 0 Å². The van der Waals surface area contributed by atoms with Crippen molar-refractivity contribution >= 4 is 44.0 Å². The maximum atomic E-state index is 12.5. The van der Waals surface area contributed by atoms with Crippen molar-refractivity contribution < 1.29 is 19.0 Å². The molecule has 0 bridgehead atoms. The normalized spacial score (nSPS) is 10.8. The lowest BCUT2D eigenvalue weighted by Crippen LogP contribution is -2.17. The van der Waals surface area contributed by atoms with Crippen LogP contribution < -0.4 is 19.6 Å². The Labute approximate surface area is 203 Å². The zero-order valence-electron chi connectivity index (χ0n) is 17.6. The molecule has 8 heteroatoms. The molecule has 166 valence electrons. The molecule has 1 N–H and O–H groups in total. The summed E-state index contributed by atoms with van der Waals surface area (Å²) in [5, 5.41) is 4.10. The summed E-state index contributed by atoms with van der Waals surface area (Å²) in [7, 11) is 1.55. The lowest BCUT2D eigenvalue weighted by Gasteiger charge is -2.11. The van der Waals surface area contributed by atoms with E-state index < -0.39 is 0 Å². The molecule has 0 aliphatic rings. The molecule has 3 aromatic carbocycles. The third kappa shape index (κ3) is 6.58. The number of hydrogen-bond acceptors (Lipinski definition) is 5. The van der Waals surface area contributed by atoms with Gasteiger partial charge in [0, 0.05) is 20.1 Å². The summed E-state index contributed by atoms with van der Waals surface area (Å²) >= 11 is 6.88. The monoisotopic (exact) mass is 560 g/mol. The fourth-order valence-corrected chi connectivity index (χ4v) is 3.45. The number of nitrogens with one attached hydrogen (secondary N) is 1. The van der Waals surface area contributed by atoms with Crippen molar-refractivity contribution in [1.29, 1.82) is 0 Å². The average molecular weight is 562 g/mol. The molecule has 0 radical (unpaired) electrons. The summed E-state index contributed by atoms with van der Waals surface area (Å²) in [5.74, 6) is 1.35. The molecule has 3 rings (SSSR count). The molecule has 0 atom stereocenters. The summed E-state index contributed by atoms with van der Waals surface area (Å²) < 4.78 is 18.6. The van der Waals surface area contributed by atoms with Crippen LogP contribution in [0.1, 0.15) is 28.4 Å². The third-order valence-electron chi connectivity index (χ3n) is 4.37. The molecule has 0 heterocycles. The molecule has 0 saturated heterocycles.